The fourth-order valence-electron chi connectivity index (χ4n) is 2.17. The van der Waals surface area contributed by atoms with Crippen LogP contribution in [0.5, 0.6) is 0 Å². The maximum atomic E-state index is 13.6. The Morgan fingerprint density at radius 2 is 1.22 bits per heavy atom. The van der Waals surface area contributed by atoms with E-state index < -0.39 is 50.6 Å². The minimum Gasteiger partial charge on any atom is -0.336 e. The zero-order valence-corrected chi connectivity index (χ0v) is 12.6. The van der Waals surface area contributed by atoms with Gasteiger partial charge >= 0.3 is 0 Å². The summed E-state index contributed by atoms with van der Waals surface area (Å²) in [5.74, 6) is -12.6. The molecule has 1 heterocycles. The van der Waals surface area contributed by atoms with Gasteiger partial charge in [0.2, 0.25) is 15.8 Å². The summed E-state index contributed by atoms with van der Waals surface area (Å²) in [7, 11) is -3.50. The average Bonchev–Trinajstić information content (AvgIpc) is 2.50. The van der Waals surface area contributed by atoms with E-state index in [1.165, 1.54) is 0 Å². The van der Waals surface area contributed by atoms with Crippen molar-refractivity contribution in [2.75, 3.05) is 32.4 Å². The molecule has 128 valence electrons. The maximum Gasteiger partial charge on any atom is 0.260 e. The number of rotatable bonds is 2. The van der Waals surface area contributed by atoms with Gasteiger partial charge in [-0.1, -0.05) is 0 Å². The predicted octanol–water partition coefficient (Wildman–Crippen LogP) is 1.10. The number of hydrogen-bond donors (Lipinski definition) is 0. The van der Waals surface area contributed by atoms with Gasteiger partial charge in [0.25, 0.3) is 5.91 Å². The molecule has 0 aromatic heterocycles. The van der Waals surface area contributed by atoms with Gasteiger partial charge in [0.05, 0.1) is 6.26 Å². The monoisotopic (exact) mass is 358 g/mol. The topological polar surface area (TPSA) is 57.7 Å². The smallest absolute Gasteiger partial charge is 0.260 e. The number of hydrogen-bond acceptors (Lipinski definition) is 3. The molecule has 0 unspecified atom stereocenters. The molecule has 1 saturated heterocycles. The molecule has 1 aliphatic heterocycles. The molecule has 5 nitrogen and oxygen atoms in total. The van der Waals surface area contributed by atoms with Crippen molar-refractivity contribution >= 4 is 15.9 Å². The molecule has 0 aliphatic carbocycles. The zero-order valence-electron chi connectivity index (χ0n) is 11.7. The third-order valence-electron chi connectivity index (χ3n) is 3.42. The summed E-state index contributed by atoms with van der Waals surface area (Å²) in [5.41, 5.74) is -1.55. The van der Waals surface area contributed by atoms with Gasteiger partial charge in [-0.2, -0.15) is 4.31 Å². The molecule has 1 aromatic carbocycles. The van der Waals surface area contributed by atoms with Crippen LogP contribution in [0.15, 0.2) is 0 Å². The lowest BCUT2D eigenvalue weighted by Gasteiger charge is -2.33. The average molecular weight is 358 g/mol. The van der Waals surface area contributed by atoms with Crippen LogP contribution in [0.3, 0.4) is 0 Å². The molecule has 0 saturated carbocycles. The molecule has 11 heteroatoms. The first-order valence-electron chi connectivity index (χ1n) is 6.31. The number of carbonyl (C=O) groups excluding carboxylic acids is 1. The Labute approximate surface area is 128 Å². The summed E-state index contributed by atoms with van der Waals surface area (Å²) in [4.78, 5) is 12.9. The summed E-state index contributed by atoms with van der Waals surface area (Å²) < 4.78 is 90.1. The highest BCUT2D eigenvalue weighted by Crippen LogP contribution is 2.24. The third-order valence-corrected chi connectivity index (χ3v) is 4.72. The van der Waals surface area contributed by atoms with Gasteiger partial charge in [-0.25, -0.2) is 30.4 Å². The van der Waals surface area contributed by atoms with Crippen LogP contribution >= 0.6 is 0 Å². The number of amides is 1. The van der Waals surface area contributed by atoms with Crippen molar-refractivity contribution in [3.63, 3.8) is 0 Å². The molecule has 2 rings (SSSR count). The molecule has 0 radical (unpaired) electrons. The standard InChI is InChI=1S/C12H11F5N2O3S/c1-23(21,22)19-4-2-18(3-5-19)12(20)6-7(13)9(15)11(17)10(16)8(6)14/h2-5H2,1H3. The van der Waals surface area contributed by atoms with Gasteiger partial charge in [0.1, 0.15) is 5.56 Å². The molecule has 23 heavy (non-hydrogen) atoms. The largest absolute Gasteiger partial charge is 0.336 e. The van der Waals surface area contributed by atoms with Crippen LogP contribution in [-0.2, 0) is 10.0 Å². The Kier molecular flexibility index (Phi) is 4.62. The summed E-state index contributed by atoms with van der Waals surface area (Å²) >= 11 is 0. The van der Waals surface area contributed by atoms with Gasteiger partial charge in [0.15, 0.2) is 23.3 Å². The molecule has 1 amide bonds. The van der Waals surface area contributed by atoms with E-state index in [1.54, 1.807) is 0 Å². The lowest BCUT2D eigenvalue weighted by molar-refractivity contribution is 0.0685. The summed E-state index contributed by atoms with van der Waals surface area (Å²) in [5, 5.41) is 0. The van der Waals surface area contributed by atoms with Crippen molar-refractivity contribution in [3.8, 4) is 0 Å². The molecule has 0 bridgehead atoms. The van der Waals surface area contributed by atoms with Gasteiger partial charge in [0, 0.05) is 26.2 Å². The molecule has 1 aromatic rings. The SMILES string of the molecule is CS(=O)(=O)N1CCN(C(=O)c2c(F)c(F)c(F)c(F)c2F)CC1. The second-order valence-electron chi connectivity index (χ2n) is 4.90. The molecular formula is C12H11F5N2O3S. The first kappa shape index (κ1) is 17.6. The highest BCUT2D eigenvalue weighted by atomic mass is 32.2. The van der Waals surface area contributed by atoms with Crippen LogP contribution in [-0.4, -0.2) is 56.0 Å². The number of benzene rings is 1. The summed E-state index contributed by atoms with van der Waals surface area (Å²) in [6.07, 6.45) is 0.953. The quantitative estimate of drug-likeness (QED) is 0.452. The highest BCUT2D eigenvalue weighted by molar-refractivity contribution is 7.88. The minimum atomic E-state index is -3.50. The fraction of sp³-hybridized carbons (Fsp3) is 0.417. The lowest BCUT2D eigenvalue weighted by atomic mass is 10.1. The van der Waals surface area contributed by atoms with Crippen LogP contribution in [0.25, 0.3) is 0 Å². The van der Waals surface area contributed by atoms with Crippen LogP contribution in [0.1, 0.15) is 10.4 Å². The van der Waals surface area contributed by atoms with Gasteiger partial charge < -0.3 is 4.90 Å². The van der Waals surface area contributed by atoms with E-state index in [1.807, 2.05) is 0 Å². The van der Waals surface area contributed by atoms with Crippen molar-refractivity contribution in [2.45, 2.75) is 0 Å². The second kappa shape index (κ2) is 6.04. The Morgan fingerprint density at radius 3 is 1.61 bits per heavy atom. The van der Waals surface area contributed by atoms with E-state index in [4.69, 9.17) is 0 Å². The number of halogens is 5. The van der Waals surface area contributed by atoms with E-state index in [9.17, 15) is 35.2 Å². The summed E-state index contributed by atoms with van der Waals surface area (Å²) in [6.45, 7) is -0.739. The van der Waals surface area contributed by atoms with Gasteiger partial charge in [-0.05, 0) is 0 Å². The summed E-state index contributed by atoms with van der Waals surface area (Å²) in [6, 6.07) is 0. The molecule has 0 atom stereocenters. The lowest BCUT2D eigenvalue weighted by Crippen LogP contribution is -2.50. The van der Waals surface area contributed by atoms with Crippen LogP contribution in [0, 0.1) is 29.1 Å². The highest BCUT2D eigenvalue weighted by Gasteiger charge is 2.34. The Balaban J connectivity index is 2.30. The van der Waals surface area contributed by atoms with Crippen molar-refractivity contribution in [1.29, 1.82) is 0 Å². The fourth-order valence-corrected chi connectivity index (χ4v) is 3.00. The molecule has 0 N–H and O–H groups in total. The first-order valence-corrected chi connectivity index (χ1v) is 8.16. The Hall–Kier alpha value is -1.75. The van der Waals surface area contributed by atoms with E-state index in [-0.39, 0.29) is 26.2 Å². The van der Waals surface area contributed by atoms with Gasteiger partial charge in [-0.3, -0.25) is 4.79 Å². The van der Waals surface area contributed by atoms with Crippen LogP contribution < -0.4 is 0 Å². The van der Waals surface area contributed by atoms with E-state index in [0.29, 0.717) is 0 Å². The van der Waals surface area contributed by atoms with E-state index in [2.05, 4.69) is 0 Å². The van der Waals surface area contributed by atoms with E-state index in [0.717, 1.165) is 15.5 Å². The van der Waals surface area contributed by atoms with Crippen molar-refractivity contribution in [1.82, 2.24) is 9.21 Å². The van der Waals surface area contributed by atoms with Gasteiger partial charge in [-0.15, -0.1) is 0 Å². The molecule has 1 fully saturated rings. The van der Waals surface area contributed by atoms with Crippen molar-refractivity contribution in [2.24, 2.45) is 0 Å². The Morgan fingerprint density at radius 1 is 0.826 bits per heavy atom. The van der Waals surface area contributed by atoms with E-state index >= 15 is 0 Å². The number of sulfonamides is 1. The normalized spacial score (nSPS) is 16.7. The number of carbonyl (C=O) groups is 1. The number of nitrogens with zero attached hydrogens (tertiary/aromatic N) is 2. The maximum absolute atomic E-state index is 13.6. The minimum absolute atomic E-state index is 0.139. The third kappa shape index (κ3) is 3.15. The predicted molar refractivity (Wildman–Crippen MR) is 68.6 cm³/mol. The van der Waals surface area contributed by atoms with Crippen LogP contribution in [0.2, 0.25) is 0 Å². The molecule has 1 aliphatic rings. The molecular weight excluding hydrogens is 347 g/mol. The Bertz CT molecular complexity index is 731. The van der Waals surface area contributed by atoms with Crippen molar-refractivity contribution in [3.05, 3.63) is 34.6 Å². The number of piperazine rings is 1. The second-order valence-corrected chi connectivity index (χ2v) is 6.88. The zero-order chi connectivity index (χ0) is 17.5. The molecule has 0 spiro atoms. The first-order chi connectivity index (χ1) is 10.6. The van der Waals surface area contributed by atoms with Crippen molar-refractivity contribution < 1.29 is 35.2 Å². The van der Waals surface area contributed by atoms with Crippen LogP contribution in [0.4, 0.5) is 22.0 Å².